The molecule has 166 valence electrons. The number of hydrogen-bond acceptors (Lipinski definition) is 4. The summed E-state index contributed by atoms with van der Waals surface area (Å²) in [7, 11) is 0. The zero-order valence-corrected chi connectivity index (χ0v) is 18.8. The van der Waals surface area contributed by atoms with Gasteiger partial charge in [0, 0.05) is 50.8 Å². The molecule has 0 unspecified atom stereocenters. The van der Waals surface area contributed by atoms with Crippen molar-refractivity contribution in [3.8, 4) is 0 Å². The van der Waals surface area contributed by atoms with Crippen LogP contribution in [-0.4, -0.2) is 79.6 Å². The van der Waals surface area contributed by atoms with Crippen molar-refractivity contribution in [2.45, 2.75) is 18.9 Å². The van der Waals surface area contributed by atoms with Crippen molar-refractivity contribution in [3.05, 3.63) is 70.7 Å². The number of nitrogens with zero attached hydrogens (tertiary/aromatic N) is 3. The molecule has 2 aromatic rings. The Bertz CT molecular complexity index is 816. The smallest absolute Gasteiger partial charge is 0.248 e. The highest BCUT2D eigenvalue weighted by atomic mass is 35.5. The number of ether oxygens (including phenoxy) is 1. The van der Waals surface area contributed by atoms with E-state index in [1.165, 1.54) is 11.1 Å². The molecule has 2 heterocycles. The highest BCUT2D eigenvalue weighted by Gasteiger charge is 2.26. The molecule has 4 rings (SSSR count). The zero-order valence-electron chi connectivity index (χ0n) is 18.1. The SMILES string of the molecule is O=C(COCCN1CCN([C@H](c2ccccc2)c2ccc(Cl)cc2)CC1)N1CCCC1. The maximum atomic E-state index is 12.1. The Labute approximate surface area is 190 Å². The summed E-state index contributed by atoms with van der Waals surface area (Å²) < 4.78 is 5.68. The van der Waals surface area contributed by atoms with Crippen molar-refractivity contribution in [1.82, 2.24) is 14.7 Å². The van der Waals surface area contributed by atoms with Gasteiger partial charge in [-0.1, -0.05) is 54.1 Å². The van der Waals surface area contributed by atoms with Crippen molar-refractivity contribution >= 4 is 17.5 Å². The third-order valence-electron chi connectivity index (χ3n) is 6.31. The molecule has 2 saturated heterocycles. The van der Waals surface area contributed by atoms with E-state index in [1.54, 1.807) is 0 Å². The van der Waals surface area contributed by atoms with Crippen molar-refractivity contribution in [2.75, 3.05) is 59.0 Å². The molecule has 0 aliphatic carbocycles. The molecule has 2 aliphatic heterocycles. The number of rotatable bonds is 8. The van der Waals surface area contributed by atoms with E-state index in [0.717, 1.165) is 63.7 Å². The van der Waals surface area contributed by atoms with E-state index in [4.69, 9.17) is 16.3 Å². The number of piperazine rings is 1. The molecule has 0 saturated carbocycles. The summed E-state index contributed by atoms with van der Waals surface area (Å²) in [6.07, 6.45) is 2.24. The van der Waals surface area contributed by atoms with Gasteiger partial charge < -0.3 is 9.64 Å². The summed E-state index contributed by atoms with van der Waals surface area (Å²) in [5, 5.41) is 0.767. The topological polar surface area (TPSA) is 36.0 Å². The summed E-state index contributed by atoms with van der Waals surface area (Å²) in [5.41, 5.74) is 2.58. The van der Waals surface area contributed by atoms with Crippen LogP contribution >= 0.6 is 11.6 Å². The van der Waals surface area contributed by atoms with E-state index in [9.17, 15) is 4.79 Å². The van der Waals surface area contributed by atoms with Gasteiger partial charge in [0.15, 0.2) is 0 Å². The van der Waals surface area contributed by atoms with E-state index in [-0.39, 0.29) is 18.6 Å². The number of likely N-dealkylation sites (tertiary alicyclic amines) is 1. The van der Waals surface area contributed by atoms with Crippen molar-refractivity contribution in [1.29, 1.82) is 0 Å². The Morgan fingerprint density at radius 2 is 1.52 bits per heavy atom. The third kappa shape index (κ3) is 6.07. The lowest BCUT2D eigenvalue weighted by molar-refractivity contribution is -0.135. The van der Waals surface area contributed by atoms with Gasteiger partial charge >= 0.3 is 0 Å². The average Bonchev–Trinajstić information content (AvgIpc) is 3.35. The van der Waals surface area contributed by atoms with Crippen LogP contribution in [0, 0.1) is 0 Å². The Hall–Kier alpha value is -1.92. The second-order valence-corrected chi connectivity index (χ2v) is 8.82. The van der Waals surface area contributed by atoms with Crippen LogP contribution in [0.2, 0.25) is 5.02 Å². The lowest BCUT2D eigenvalue weighted by Crippen LogP contribution is -2.48. The first-order valence-electron chi connectivity index (χ1n) is 11.3. The molecule has 2 aromatic carbocycles. The largest absolute Gasteiger partial charge is 0.370 e. The summed E-state index contributed by atoms with van der Waals surface area (Å²) in [6.45, 7) is 7.47. The van der Waals surface area contributed by atoms with Crippen LogP contribution in [0.1, 0.15) is 30.0 Å². The molecule has 31 heavy (non-hydrogen) atoms. The fourth-order valence-corrected chi connectivity index (χ4v) is 4.68. The number of amides is 1. The minimum absolute atomic E-state index is 0.135. The summed E-state index contributed by atoms with van der Waals surface area (Å²) >= 11 is 6.13. The molecule has 0 N–H and O–H groups in total. The molecule has 5 nitrogen and oxygen atoms in total. The number of hydrogen-bond donors (Lipinski definition) is 0. The van der Waals surface area contributed by atoms with Gasteiger partial charge in [-0.15, -0.1) is 0 Å². The molecule has 1 atom stereocenters. The van der Waals surface area contributed by atoms with Crippen LogP contribution in [0.5, 0.6) is 0 Å². The number of halogens is 1. The van der Waals surface area contributed by atoms with Crippen molar-refractivity contribution in [2.24, 2.45) is 0 Å². The summed E-state index contributed by atoms with van der Waals surface area (Å²) in [5.74, 6) is 0.135. The lowest BCUT2D eigenvalue weighted by atomic mass is 9.96. The van der Waals surface area contributed by atoms with Gasteiger partial charge in [0.2, 0.25) is 5.91 Å². The van der Waals surface area contributed by atoms with E-state index >= 15 is 0 Å². The minimum Gasteiger partial charge on any atom is -0.370 e. The molecule has 1 amide bonds. The molecule has 2 aliphatic rings. The summed E-state index contributed by atoms with van der Waals surface area (Å²) in [6, 6.07) is 19.1. The highest BCUT2D eigenvalue weighted by molar-refractivity contribution is 6.30. The maximum absolute atomic E-state index is 12.1. The summed E-state index contributed by atoms with van der Waals surface area (Å²) in [4.78, 5) is 19.0. The predicted molar refractivity (Wildman–Crippen MR) is 124 cm³/mol. The molecular weight excluding hydrogens is 410 g/mol. The van der Waals surface area contributed by atoms with Crippen LogP contribution in [0.25, 0.3) is 0 Å². The fourth-order valence-electron chi connectivity index (χ4n) is 4.55. The molecule has 0 spiro atoms. The Morgan fingerprint density at radius 1 is 0.871 bits per heavy atom. The first kappa shape index (κ1) is 22.3. The van der Waals surface area contributed by atoms with Crippen LogP contribution < -0.4 is 0 Å². The predicted octanol–water partition coefficient (Wildman–Crippen LogP) is 3.69. The molecule has 0 bridgehead atoms. The van der Waals surface area contributed by atoms with Crippen LogP contribution in [-0.2, 0) is 9.53 Å². The molecular formula is C25H32ClN3O2. The second kappa shape index (κ2) is 11.1. The van der Waals surface area contributed by atoms with Gasteiger partial charge in [-0.05, 0) is 36.1 Å². The Morgan fingerprint density at radius 3 is 2.19 bits per heavy atom. The van der Waals surface area contributed by atoms with Crippen molar-refractivity contribution < 1.29 is 9.53 Å². The Kier molecular flexibility index (Phi) is 7.97. The first-order chi connectivity index (χ1) is 15.2. The van der Waals surface area contributed by atoms with E-state index in [2.05, 4.69) is 52.3 Å². The van der Waals surface area contributed by atoms with Gasteiger partial charge in [0.05, 0.1) is 12.6 Å². The van der Waals surface area contributed by atoms with Gasteiger partial charge in [0.1, 0.15) is 6.61 Å². The molecule has 0 radical (unpaired) electrons. The van der Waals surface area contributed by atoms with Gasteiger partial charge in [-0.25, -0.2) is 0 Å². The molecule has 6 heteroatoms. The van der Waals surface area contributed by atoms with Crippen LogP contribution in [0.3, 0.4) is 0 Å². The lowest BCUT2D eigenvalue weighted by Gasteiger charge is -2.39. The normalized spacial score (nSPS) is 18.9. The number of benzene rings is 2. The van der Waals surface area contributed by atoms with Crippen LogP contribution in [0.15, 0.2) is 54.6 Å². The van der Waals surface area contributed by atoms with Gasteiger partial charge in [-0.2, -0.15) is 0 Å². The third-order valence-corrected chi connectivity index (χ3v) is 6.56. The van der Waals surface area contributed by atoms with Gasteiger partial charge in [-0.3, -0.25) is 14.6 Å². The zero-order chi connectivity index (χ0) is 21.5. The fraction of sp³-hybridized carbons (Fsp3) is 0.480. The monoisotopic (exact) mass is 441 g/mol. The number of carbonyl (C=O) groups excluding carboxylic acids is 1. The molecule has 0 aromatic heterocycles. The van der Waals surface area contributed by atoms with Crippen LogP contribution in [0.4, 0.5) is 0 Å². The highest BCUT2D eigenvalue weighted by Crippen LogP contribution is 2.30. The van der Waals surface area contributed by atoms with Crippen molar-refractivity contribution in [3.63, 3.8) is 0 Å². The molecule has 2 fully saturated rings. The maximum Gasteiger partial charge on any atom is 0.248 e. The van der Waals surface area contributed by atoms with E-state index in [1.807, 2.05) is 17.0 Å². The van der Waals surface area contributed by atoms with E-state index in [0.29, 0.717) is 6.61 Å². The first-order valence-corrected chi connectivity index (χ1v) is 11.7. The standard InChI is InChI=1S/C25H32ClN3O2/c26-23-10-8-22(9-11-23)25(21-6-2-1-3-7-21)29-16-14-27(15-17-29)18-19-31-20-24(30)28-12-4-5-13-28/h1-3,6-11,25H,4-5,12-20H2/t25-/m1/s1. The second-order valence-electron chi connectivity index (χ2n) is 8.38. The minimum atomic E-state index is 0.135. The number of carbonyl (C=O) groups is 1. The quantitative estimate of drug-likeness (QED) is 0.585. The Balaban J connectivity index is 1.27. The van der Waals surface area contributed by atoms with Gasteiger partial charge in [0.25, 0.3) is 0 Å². The average molecular weight is 442 g/mol. The van der Waals surface area contributed by atoms with E-state index < -0.39 is 0 Å².